The van der Waals surface area contributed by atoms with Crippen molar-refractivity contribution in [2.45, 2.75) is 38.5 Å². The van der Waals surface area contributed by atoms with Crippen molar-refractivity contribution >= 4 is 21.5 Å². The number of nitrogens with zero attached hydrogens (tertiary/aromatic N) is 2. The van der Waals surface area contributed by atoms with Gasteiger partial charge in [0.05, 0.1) is 11.4 Å². The van der Waals surface area contributed by atoms with Crippen LogP contribution in [0.3, 0.4) is 0 Å². The molecule has 0 bridgehead atoms. The zero-order chi connectivity index (χ0) is 37.8. The second-order valence-corrected chi connectivity index (χ2v) is 16.6. The standard InChI is InChI=1S/C54H40N2/c1-53(2)44-23-13-22-41(51(44)43-29-35-17-8-9-18-36(35)30-47(43)53)37-19-12-20-38(28-37)48-32-49(56-52(55-48)34-15-6-5-7-16-34)39-24-26-42-46(31-39)54(3,4)45-27-25-33-14-10-11-21-40(33)50(42)45/h5-32H,1-4H3. The molecule has 2 aliphatic rings. The van der Waals surface area contributed by atoms with Crippen molar-refractivity contribution in [3.8, 4) is 67.3 Å². The number of rotatable bonds is 4. The number of hydrogen-bond donors (Lipinski definition) is 0. The molecule has 56 heavy (non-hydrogen) atoms. The lowest BCUT2D eigenvalue weighted by Gasteiger charge is -2.22. The molecule has 0 saturated heterocycles. The van der Waals surface area contributed by atoms with Gasteiger partial charge in [-0.2, -0.15) is 0 Å². The Labute approximate surface area is 328 Å². The van der Waals surface area contributed by atoms with Crippen molar-refractivity contribution in [1.29, 1.82) is 0 Å². The molecule has 9 aromatic rings. The summed E-state index contributed by atoms with van der Waals surface area (Å²) in [6.07, 6.45) is 0. The third-order valence-corrected chi connectivity index (χ3v) is 12.7. The average molecular weight is 717 g/mol. The maximum absolute atomic E-state index is 5.26. The van der Waals surface area contributed by atoms with E-state index in [0.29, 0.717) is 0 Å². The molecular formula is C54H40N2. The highest BCUT2D eigenvalue weighted by Crippen LogP contribution is 2.54. The maximum atomic E-state index is 5.26. The van der Waals surface area contributed by atoms with Crippen LogP contribution in [0.5, 0.6) is 0 Å². The lowest BCUT2D eigenvalue weighted by atomic mass is 9.81. The molecule has 1 heterocycles. The summed E-state index contributed by atoms with van der Waals surface area (Å²) in [5.41, 5.74) is 18.0. The lowest BCUT2D eigenvalue weighted by molar-refractivity contribution is 0.661. The summed E-state index contributed by atoms with van der Waals surface area (Å²) in [5.74, 6) is 0.723. The van der Waals surface area contributed by atoms with Crippen LogP contribution in [0.15, 0.2) is 170 Å². The highest BCUT2D eigenvalue weighted by molar-refractivity contribution is 6.03. The predicted molar refractivity (Wildman–Crippen MR) is 234 cm³/mol. The van der Waals surface area contributed by atoms with Crippen molar-refractivity contribution < 1.29 is 0 Å². The summed E-state index contributed by atoms with van der Waals surface area (Å²) in [4.78, 5) is 10.5. The zero-order valence-electron chi connectivity index (χ0n) is 32.1. The van der Waals surface area contributed by atoms with Gasteiger partial charge in [0.2, 0.25) is 0 Å². The Balaban J connectivity index is 1.06. The van der Waals surface area contributed by atoms with E-state index in [9.17, 15) is 0 Å². The molecule has 0 fully saturated rings. The van der Waals surface area contributed by atoms with Gasteiger partial charge in [0, 0.05) is 27.5 Å². The third-order valence-electron chi connectivity index (χ3n) is 12.7. The van der Waals surface area contributed by atoms with Crippen LogP contribution in [0, 0.1) is 0 Å². The molecular weight excluding hydrogens is 677 g/mol. The number of benzene rings is 8. The molecule has 0 saturated carbocycles. The highest BCUT2D eigenvalue weighted by Gasteiger charge is 2.38. The molecule has 2 aliphatic carbocycles. The van der Waals surface area contributed by atoms with Crippen LogP contribution < -0.4 is 0 Å². The van der Waals surface area contributed by atoms with Crippen LogP contribution in [0.25, 0.3) is 88.8 Å². The van der Waals surface area contributed by atoms with E-state index in [-0.39, 0.29) is 10.8 Å². The van der Waals surface area contributed by atoms with Crippen molar-refractivity contribution in [3.63, 3.8) is 0 Å². The monoisotopic (exact) mass is 716 g/mol. The quantitative estimate of drug-likeness (QED) is 0.181. The van der Waals surface area contributed by atoms with Gasteiger partial charge in [-0.05, 0) is 108 Å². The Morgan fingerprint density at radius 3 is 1.73 bits per heavy atom. The van der Waals surface area contributed by atoms with Crippen molar-refractivity contribution in [2.75, 3.05) is 0 Å². The van der Waals surface area contributed by atoms with Crippen LogP contribution >= 0.6 is 0 Å². The van der Waals surface area contributed by atoms with Crippen LogP contribution in [0.1, 0.15) is 49.9 Å². The first-order valence-electron chi connectivity index (χ1n) is 19.7. The Hall–Kier alpha value is -6.64. The number of fused-ring (bicyclic) bond motifs is 9. The van der Waals surface area contributed by atoms with Gasteiger partial charge in [-0.15, -0.1) is 0 Å². The van der Waals surface area contributed by atoms with Gasteiger partial charge in [-0.1, -0.05) is 167 Å². The van der Waals surface area contributed by atoms with Gasteiger partial charge in [0.25, 0.3) is 0 Å². The van der Waals surface area contributed by atoms with Gasteiger partial charge in [0.15, 0.2) is 5.82 Å². The predicted octanol–water partition coefficient (Wildman–Crippen LogP) is 14.1. The molecule has 0 amide bonds. The fourth-order valence-corrected chi connectivity index (χ4v) is 9.68. The van der Waals surface area contributed by atoms with E-state index in [4.69, 9.17) is 9.97 Å². The van der Waals surface area contributed by atoms with E-state index in [1.165, 1.54) is 77.2 Å². The van der Waals surface area contributed by atoms with Crippen LogP contribution in [0.4, 0.5) is 0 Å². The Bertz CT molecular complexity index is 3080. The van der Waals surface area contributed by atoms with E-state index < -0.39 is 0 Å². The van der Waals surface area contributed by atoms with E-state index >= 15 is 0 Å². The van der Waals surface area contributed by atoms with Gasteiger partial charge in [-0.3, -0.25) is 0 Å². The first-order valence-corrected chi connectivity index (χ1v) is 19.7. The van der Waals surface area contributed by atoms with Crippen molar-refractivity contribution in [1.82, 2.24) is 9.97 Å². The summed E-state index contributed by atoms with van der Waals surface area (Å²) in [6, 6.07) is 62.1. The zero-order valence-corrected chi connectivity index (χ0v) is 32.1. The van der Waals surface area contributed by atoms with Gasteiger partial charge < -0.3 is 0 Å². The molecule has 11 rings (SSSR count). The smallest absolute Gasteiger partial charge is 0.160 e. The number of aromatic nitrogens is 2. The maximum Gasteiger partial charge on any atom is 0.160 e. The summed E-state index contributed by atoms with van der Waals surface area (Å²) < 4.78 is 0. The van der Waals surface area contributed by atoms with Crippen molar-refractivity contribution in [2.24, 2.45) is 0 Å². The molecule has 0 atom stereocenters. The SMILES string of the molecule is CC1(C)c2cc3ccccc3cc2-c2c(-c3cccc(-c4cc(-c5ccc6c(c5)C(C)(C)c5ccc7ccccc7c5-6)nc(-c5ccccc5)n4)c3)cccc21. The first kappa shape index (κ1) is 32.8. The fourth-order valence-electron chi connectivity index (χ4n) is 9.68. The molecule has 1 aromatic heterocycles. The van der Waals surface area contributed by atoms with Crippen LogP contribution in [0.2, 0.25) is 0 Å². The molecule has 0 spiro atoms. The minimum Gasteiger partial charge on any atom is -0.228 e. The fraction of sp³-hybridized carbons (Fsp3) is 0.111. The summed E-state index contributed by atoms with van der Waals surface area (Å²) in [7, 11) is 0. The van der Waals surface area contributed by atoms with Crippen molar-refractivity contribution in [3.05, 3.63) is 192 Å². The summed E-state index contributed by atoms with van der Waals surface area (Å²) in [6.45, 7) is 9.43. The number of hydrogen-bond acceptors (Lipinski definition) is 2. The molecule has 0 N–H and O–H groups in total. The van der Waals surface area contributed by atoms with Gasteiger partial charge in [0.1, 0.15) is 0 Å². The summed E-state index contributed by atoms with van der Waals surface area (Å²) in [5, 5.41) is 5.14. The average Bonchev–Trinajstić information content (AvgIpc) is 3.61. The Morgan fingerprint density at radius 1 is 0.339 bits per heavy atom. The lowest BCUT2D eigenvalue weighted by Crippen LogP contribution is -2.15. The molecule has 0 radical (unpaired) electrons. The van der Waals surface area contributed by atoms with E-state index in [1.54, 1.807) is 0 Å². The van der Waals surface area contributed by atoms with E-state index in [2.05, 4.69) is 191 Å². The van der Waals surface area contributed by atoms with E-state index in [0.717, 1.165) is 33.9 Å². The summed E-state index contributed by atoms with van der Waals surface area (Å²) >= 11 is 0. The minimum absolute atomic E-state index is 0.104. The first-order chi connectivity index (χ1) is 27.3. The molecule has 8 aromatic carbocycles. The molecule has 2 heteroatoms. The highest BCUT2D eigenvalue weighted by atomic mass is 14.9. The molecule has 266 valence electrons. The van der Waals surface area contributed by atoms with E-state index in [1.807, 2.05) is 6.07 Å². The van der Waals surface area contributed by atoms with Gasteiger partial charge in [-0.25, -0.2) is 9.97 Å². The van der Waals surface area contributed by atoms with Gasteiger partial charge >= 0.3 is 0 Å². The topological polar surface area (TPSA) is 25.8 Å². The molecule has 0 unspecified atom stereocenters. The second kappa shape index (κ2) is 11.9. The molecule has 2 nitrogen and oxygen atoms in total. The van der Waals surface area contributed by atoms with Crippen LogP contribution in [-0.2, 0) is 10.8 Å². The minimum atomic E-state index is -0.146. The second-order valence-electron chi connectivity index (χ2n) is 16.6. The Kier molecular flexibility index (Phi) is 6.98. The Morgan fingerprint density at radius 2 is 0.946 bits per heavy atom. The third kappa shape index (κ3) is 4.82. The normalized spacial score (nSPS) is 14.4. The molecule has 0 aliphatic heterocycles. The largest absolute Gasteiger partial charge is 0.228 e. The van der Waals surface area contributed by atoms with Crippen LogP contribution in [-0.4, -0.2) is 9.97 Å².